The zero-order valence-electron chi connectivity index (χ0n) is 14.9. The van der Waals surface area contributed by atoms with Crippen molar-refractivity contribution < 1.29 is 19.0 Å². The van der Waals surface area contributed by atoms with E-state index in [4.69, 9.17) is 9.47 Å². The highest BCUT2D eigenvalue weighted by molar-refractivity contribution is 5.86. The average molecular weight is 373 g/mol. The van der Waals surface area contributed by atoms with E-state index in [-0.39, 0.29) is 17.8 Å². The molecule has 1 saturated heterocycles. The van der Waals surface area contributed by atoms with Crippen LogP contribution in [0.2, 0.25) is 0 Å². The number of phenols is 1. The molecule has 1 aliphatic heterocycles. The van der Waals surface area contributed by atoms with Crippen molar-refractivity contribution in [1.29, 1.82) is 0 Å². The van der Waals surface area contributed by atoms with Crippen LogP contribution in [-0.2, 0) is 4.74 Å². The number of halogens is 1. The molecular formula is C18H20FN5O3. The SMILES string of the molecule is COc1cc(O)ccc1Nc1nc(F)nc2c1ncn2C1CCCCCO1. The van der Waals surface area contributed by atoms with Crippen LogP contribution in [0.1, 0.15) is 31.9 Å². The molecule has 3 heterocycles. The lowest BCUT2D eigenvalue weighted by Crippen LogP contribution is -2.12. The molecular weight excluding hydrogens is 353 g/mol. The zero-order valence-corrected chi connectivity index (χ0v) is 14.9. The summed E-state index contributed by atoms with van der Waals surface area (Å²) in [5.41, 5.74) is 1.32. The Labute approximate surface area is 155 Å². The van der Waals surface area contributed by atoms with Gasteiger partial charge in [-0.15, -0.1) is 0 Å². The summed E-state index contributed by atoms with van der Waals surface area (Å²) in [7, 11) is 1.48. The van der Waals surface area contributed by atoms with Gasteiger partial charge in [-0.05, 0) is 31.4 Å². The number of hydrogen-bond acceptors (Lipinski definition) is 7. The molecule has 1 unspecified atom stereocenters. The van der Waals surface area contributed by atoms with Gasteiger partial charge in [-0.3, -0.25) is 4.57 Å². The molecule has 3 aromatic rings. The lowest BCUT2D eigenvalue weighted by molar-refractivity contribution is 0.00928. The van der Waals surface area contributed by atoms with Crippen LogP contribution < -0.4 is 10.1 Å². The highest BCUT2D eigenvalue weighted by Gasteiger charge is 2.21. The summed E-state index contributed by atoms with van der Waals surface area (Å²) in [5.74, 6) is 0.675. The molecule has 1 aromatic carbocycles. The smallest absolute Gasteiger partial charge is 0.312 e. The minimum absolute atomic E-state index is 0.0613. The molecule has 1 fully saturated rings. The van der Waals surface area contributed by atoms with E-state index in [2.05, 4.69) is 20.3 Å². The second kappa shape index (κ2) is 7.36. The van der Waals surface area contributed by atoms with Gasteiger partial charge in [0.2, 0.25) is 0 Å². The van der Waals surface area contributed by atoms with E-state index in [1.54, 1.807) is 17.0 Å². The molecule has 2 aromatic heterocycles. The summed E-state index contributed by atoms with van der Waals surface area (Å²) in [6, 6.07) is 4.57. The van der Waals surface area contributed by atoms with Crippen molar-refractivity contribution in [2.45, 2.75) is 31.9 Å². The second-order valence-corrected chi connectivity index (χ2v) is 6.35. The van der Waals surface area contributed by atoms with E-state index in [0.717, 1.165) is 25.7 Å². The van der Waals surface area contributed by atoms with Crippen molar-refractivity contribution in [3.63, 3.8) is 0 Å². The Morgan fingerprint density at radius 3 is 3.04 bits per heavy atom. The molecule has 2 N–H and O–H groups in total. The van der Waals surface area contributed by atoms with Crippen LogP contribution in [0, 0.1) is 6.08 Å². The predicted molar refractivity (Wildman–Crippen MR) is 96.7 cm³/mol. The fourth-order valence-electron chi connectivity index (χ4n) is 3.22. The maximum absolute atomic E-state index is 14.1. The highest BCUT2D eigenvalue weighted by atomic mass is 19.1. The fraction of sp³-hybridized carbons (Fsp3) is 0.389. The van der Waals surface area contributed by atoms with Crippen LogP contribution >= 0.6 is 0 Å². The molecule has 0 bridgehead atoms. The lowest BCUT2D eigenvalue weighted by atomic mass is 10.2. The molecule has 0 spiro atoms. The second-order valence-electron chi connectivity index (χ2n) is 6.35. The van der Waals surface area contributed by atoms with E-state index in [1.165, 1.54) is 19.2 Å². The number of ether oxygens (including phenoxy) is 2. The van der Waals surface area contributed by atoms with Crippen molar-refractivity contribution in [3.05, 3.63) is 30.6 Å². The topological polar surface area (TPSA) is 94.3 Å². The molecule has 0 radical (unpaired) electrons. The number of anilines is 2. The van der Waals surface area contributed by atoms with Gasteiger partial charge in [-0.1, -0.05) is 6.42 Å². The molecule has 0 aliphatic carbocycles. The van der Waals surface area contributed by atoms with Gasteiger partial charge in [0.25, 0.3) is 0 Å². The van der Waals surface area contributed by atoms with Crippen LogP contribution in [0.4, 0.5) is 15.9 Å². The number of methoxy groups -OCH3 is 1. The number of nitrogens with zero attached hydrogens (tertiary/aromatic N) is 4. The Kier molecular flexibility index (Phi) is 4.76. The van der Waals surface area contributed by atoms with Crippen LogP contribution in [0.25, 0.3) is 11.2 Å². The number of hydrogen-bond donors (Lipinski definition) is 2. The van der Waals surface area contributed by atoms with Crippen molar-refractivity contribution >= 4 is 22.7 Å². The van der Waals surface area contributed by atoms with Gasteiger partial charge in [0, 0.05) is 12.7 Å². The summed E-state index contributed by atoms with van der Waals surface area (Å²) in [4.78, 5) is 12.2. The summed E-state index contributed by atoms with van der Waals surface area (Å²) in [6.45, 7) is 0.660. The van der Waals surface area contributed by atoms with E-state index in [9.17, 15) is 9.50 Å². The Morgan fingerprint density at radius 1 is 1.30 bits per heavy atom. The average Bonchev–Trinajstić information content (AvgIpc) is 2.89. The largest absolute Gasteiger partial charge is 0.508 e. The number of aromatic hydroxyl groups is 1. The first-order valence-electron chi connectivity index (χ1n) is 8.81. The first-order valence-corrected chi connectivity index (χ1v) is 8.81. The molecule has 4 rings (SSSR count). The highest BCUT2D eigenvalue weighted by Crippen LogP contribution is 2.33. The minimum Gasteiger partial charge on any atom is -0.508 e. The van der Waals surface area contributed by atoms with Crippen LogP contribution in [0.5, 0.6) is 11.5 Å². The predicted octanol–water partition coefficient (Wildman–Crippen LogP) is 3.51. The van der Waals surface area contributed by atoms with Gasteiger partial charge in [-0.2, -0.15) is 14.4 Å². The molecule has 1 atom stereocenters. The fourth-order valence-corrected chi connectivity index (χ4v) is 3.22. The van der Waals surface area contributed by atoms with Gasteiger partial charge in [0.05, 0.1) is 19.1 Å². The zero-order chi connectivity index (χ0) is 18.8. The molecule has 8 nitrogen and oxygen atoms in total. The number of nitrogens with one attached hydrogen (secondary N) is 1. The molecule has 9 heteroatoms. The van der Waals surface area contributed by atoms with E-state index < -0.39 is 6.08 Å². The van der Waals surface area contributed by atoms with E-state index >= 15 is 0 Å². The van der Waals surface area contributed by atoms with Crippen molar-refractivity contribution in [1.82, 2.24) is 19.5 Å². The monoisotopic (exact) mass is 373 g/mol. The Hall–Kier alpha value is -2.94. The molecule has 0 saturated carbocycles. The number of aromatic nitrogens is 4. The molecule has 27 heavy (non-hydrogen) atoms. The molecule has 1 aliphatic rings. The standard InChI is InChI=1S/C18H20FN5O3/c1-26-13-9-11(25)6-7-12(13)21-16-15-17(23-18(19)22-16)24(10-20-15)14-5-3-2-4-8-27-14/h6-7,9-10,14,25H,2-5,8H2,1H3,(H,21,22,23). The third kappa shape index (κ3) is 3.50. The van der Waals surface area contributed by atoms with E-state index in [1.807, 2.05) is 0 Å². The Balaban J connectivity index is 1.74. The molecule has 142 valence electrons. The number of benzene rings is 1. The summed E-state index contributed by atoms with van der Waals surface area (Å²) >= 11 is 0. The van der Waals surface area contributed by atoms with Gasteiger partial charge in [0.1, 0.15) is 17.7 Å². The summed E-state index contributed by atoms with van der Waals surface area (Å²) in [6.07, 6.45) is 4.51. The Bertz CT molecular complexity index is 954. The maximum atomic E-state index is 14.1. The van der Waals surface area contributed by atoms with Crippen molar-refractivity contribution in [3.8, 4) is 11.5 Å². The van der Waals surface area contributed by atoms with Crippen LogP contribution in [-0.4, -0.2) is 38.3 Å². The van der Waals surface area contributed by atoms with Gasteiger partial charge >= 0.3 is 6.08 Å². The first-order chi connectivity index (χ1) is 13.2. The lowest BCUT2D eigenvalue weighted by Gasteiger charge is -2.17. The molecule has 0 amide bonds. The normalized spacial score (nSPS) is 17.6. The van der Waals surface area contributed by atoms with Gasteiger partial charge in [0.15, 0.2) is 17.0 Å². The van der Waals surface area contributed by atoms with Crippen molar-refractivity contribution in [2.24, 2.45) is 0 Å². The third-order valence-electron chi connectivity index (χ3n) is 4.55. The van der Waals surface area contributed by atoms with Gasteiger partial charge in [-0.25, -0.2) is 4.98 Å². The number of imidazole rings is 1. The van der Waals surface area contributed by atoms with Crippen molar-refractivity contribution in [2.75, 3.05) is 19.0 Å². The third-order valence-corrected chi connectivity index (χ3v) is 4.55. The summed E-state index contributed by atoms with van der Waals surface area (Å²) < 4.78 is 27.0. The quantitative estimate of drug-likeness (QED) is 0.534. The van der Waals surface area contributed by atoms with E-state index in [0.29, 0.717) is 29.2 Å². The van der Waals surface area contributed by atoms with Gasteiger partial charge < -0.3 is 19.9 Å². The first kappa shape index (κ1) is 17.5. The minimum atomic E-state index is -0.863. The number of fused-ring (bicyclic) bond motifs is 1. The number of rotatable bonds is 4. The van der Waals surface area contributed by atoms with Crippen LogP contribution in [0.3, 0.4) is 0 Å². The van der Waals surface area contributed by atoms with Crippen LogP contribution in [0.15, 0.2) is 24.5 Å². The summed E-state index contributed by atoms with van der Waals surface area (Å²) in [5, 5.41) is 12.6. The maximum Gasteiger partial charge on any atom is 0.312 e. The number of phenolic OH excluding ortho intramolecular Hbond substituents is 1. The Morgan fingerprint density at radius 2 is 2.19 bits per heavy atom.